The van der Waals surface area contributed by atoms with E-state index in [9.17, 15) is 8.42 Å². The summed E-state index contributed by atoms with van der Waals surface area (Å²) in [4.78, 5) is 0.238. The molecule has 4 nitrogen and oxygen atoms in total. The second kappa shape index (κ2) is 5.85. The van der Waals surface area contributed by atoms with Crippen molar-refractivity contribution in [2.45, 2.75) is 18.4 Å². The number of nitrogen functional groups attached to an aromatic ring is 1. The lowest BCUT2D eigenvalue weighted by molar-refractivity contribution is 0.467. The van der Waals surface area contributed by atoms with E-state index in [2.05, 4.69) is 15.9 Å². The number of anilines is 1. The third-order valence-corrected chi connectivity index (χ3v) is 6.16. The molecule has 0 saturated heterocycles. The molecule has 0 amide bonds. The summed E-state index contributed by atoms with van der Waals surface area (Å²) in [6, 6.07) is 5.21. The molecule has 2 N–H and O–H groups in total. The van der Waals surface area contributed by atoms with Gasteiger partial charge in [0.15, 0.2) is 0 Å². The van der Waals surface area contributed by atoms with Crippen LogP contribution < -0.4 is 5.73 Å². The largest absolute Gasteiger partial charge is 0.398 e. The Morgan fingerprint density at radius 3 is 2.70 bits per heavy atom. The van der Waals surface area contributed by atoms with Gasteiger partial charge in [0, 0.05) is 23.8 Å². The Balaban J connectivity index is 2.40. The van der Waals surface area contributed by atoms with E-state index in [4.69, 9.17) is 5.73 Å². The molecule has 0 fully saturated rings. The monoisotopic (exact) mass is 374 g/mol. The molecule has 0 radical (unpaired) electrons. The lowest BCUT2D eigenvalue weighted by Gasteiger charge is -2.19. The topological polar surface area (TPSA) is 63.4 Å². The second-order valence-corrected chi connectivity index (χ2v) is 8.22. The number of benzene rings is 1. The number of hydrogen-bond acceptors (Lipinski definition) is 4. The van der Waals surface area contributed by atoms with Gasteiger partial charge in [0.25, 0.3) is 0 Å². The summed E-state index contributed by atoms with van der Waals surface area (Å²) in [5.41, 5.74) is 7.85. The molecule has 0 saturated carbocycles. The summed E-state index contributed by atoms with van der Waals surface area (Å²) in [6.45, 7) is 2.06. The summed E-state index contributed by atoms with van der Waals surface area (Å²) in [5, 5.41) is 3.87. The van der Waals surface area contributed by atoms with Crippen LogP contribution in [-0.2, 0) is 16.6 Å². The fraction of sp³-hybridized carbons (Fsp3) is 0.231. The van der Waals surface area contributed by atoms with Crippen LogP contribution in [0.15, 0.2) is 38.3 Å². The minimum absolute atomic E-state index is 0.238. The molecule has 0 aliphatic heterocycles. The van der Waals surface area contributed by atoms with Crippen LogP contribution in [0.3, 0.4) is 0 Å². The van der Waals surface area contributed by atoms with Gasteiger partial charge >= 0.3 is 0 Å². The van der Waals surface area contributed by atoms with Crippen molar-refractivity contribution in [2.75, 3.05) is 12.8 Å². The maximum atomic E-state index is 12.6. The van der Waals surface area contributed by atoms with Crippen LogP contribution in [-0.4, -0.2) is 19.8 Å². The van der Waals surface area contributed by atoms with Crippen LogP contribution in [0.5, 0.6) is 0 Å². The van der Waals surface area contributed by atoms with Crippen molar-refractivity contribution >= 4 is 43.0 Å². The van der Waals surface area contributed by atoms with Crippen LogP contribution in [0, 0.1) is 6.92 Å². The van der Waals surface area contributed by atoms with Gasteiger partial charge in [-0.2, -0.15) is 15.6 Å². The van der Waals surface area contributed by atoms with Gasteiger partial charge < -0.3 is 5.73 Å². The SMILES string of the molecule is Cc1c(N)cc(Br)cc1S(=O)(=O)N(C)Cc1ccsc1. The highest BCUT2D eigenvalue weighted by atomic mass is 79.9. The van der Waals surface area contributed by atoms with Crippen LogP contribution in [0.25, 0.3) is 0 Å². The molecule has 108 valence electrons. The van der Waals surface area contributed by atoms with Crippen LogP contribution in [0.2, 0.25) is 0 Å². The van der Waals surface area contributed by atoms with E-state index in [1.165, 1.54) is 4.31 Å². The molecule has 0 atom stereocenters. The number of nitrogens with two attached hydrogens (primary N) is 1. The normalized spacial score (nSPS) is 12.0. The predicted molar refractivity (Wildman–Crippen MR) is 86.3 cm³/mol. The minimum Gasteiger partial charge on any atom is -0.398 e. The zero-order chi connectivity index (χ0) is 14.9. The van der Waals surface area contributed by atoms with E-state index in [0.29, 0.717) is 22.3 Å². The van der Waals surface area contributed by atoms with Crippen LogP contribution in [0.4, 0.5) is 5.69 Å². The molecule has 20 heavy (non-hydrogen) atoms. The lowest BCUT2D eigenvalue weighted by atomic mass is 10.2. The Labute approximate surface area is 131 Å². The molecule has 1 heterocycles. The van der Waals surface area contributed by atoms with Gasteiger partial charge in [-0.1, -0.05) is 15.9 Å². The Morgan fingerprint density at radius 1 is 1.40 bits per heavy atom. The number of halogens is 1. The average molecular weight is 375 g/mol. The molecular weight excluding hydrogens is 360 g/mol. The first-order chi connectivity index (χ1) is 9.32. The van der Waals surface area contributed by atoms with Crippen LogP contribution >= 0.6 is 27.3 Å². The van der Waals surface area contributed by atoms with E-state index < -0.39 is 10.0 Å². The first-order valence-corrected chi connectivity index (χ1v) is 9.03. The number of thiophene rings is 1. The van der Waals surface area contributed by atoms with E-state index in [1.54, 1.807) is 37.4 Å². The van der Waals surface area contributed by atoms with Gasteiger partial charge in [-0.05, 0) is 47.0 Å². The van der Waals surface area contributed by atoms with Gasteiger partial charge in [0.05, 0.1) is 4.90 Å². The van der Waals surface area contributed by atoms with E-state index in [0.717, 1.165) is 5.56 Å². The van der Waals surface area contributed by atoms with E-state index in [1.807, 2.05) is 16.8 Å². The molecule has 0 aliphatic carbocycles. The van der Waals surface area contributed by atoms with Gasteiger partial charge in [-0.15, -0.1) is 0 Å². The Hall–Kier alpha value is -0.890. The van der Waals surface area contributed by atoms with Crippen molar-refractivity contribution < 1.29 is 8.42 Å². The van der Waals surface area contributed by atoms with Crippen molar-refractivity contribution in [2.24, 2.45) is 0 Å². The summed E-state index contributed by atoms with van der Waals surface area (Å²) in [6.07, 6.45) is 0. The smallest absolute Gasteiger partial charge is 0.243 e. The first-order valence-electron chi connectivity index (χ1n) is 5.85. The third kappa shape index (κ3) is 3.06. The number of hydrogen-bond donors (Lipinski definition) is 1. The average Bonchev–Trinajstić information content (AvgIpc) is 2.86. The van der Waals surface area contributed by atoms with Gasteiger partial charge in [0.1, 0.15) is 0 Å². The molecule has 7 heteroatoms. The number of rotatable bonds is 4. The fourth-order valence-electron chi connectivity index (χ4n) is 1.83. The minimum atomic E-state index is -3.56. The Kier molecular flexibility index (Phi) is 4.53. The van der Waals surface area contributed by atoms with E-state index in [-0.39, 0.29) is 4.90 Å². The van der Waals surface area contributed by atoms with Crippen molar-refractivity contribution in [1.82, 2.24) is 4.31 Å². The highest BCUT2D eigenvalue weighted by Gasteiger charge is 2.24. The molecular formula is C13H15BrN2O2S2. The van der Waals surface area contributed by atoms with Gasteiger partial charge in [-0.3, -0.25) is 0 Å². The standard InChI is InChI=1S/C13H15BrN2O2S2/c1-9-12(15)5-11(14)6-13(9)20(17,18)16(2)7-10-3-4-19-8-10/h3-6,8H,7,15H2,1-2H3. The van der Waals surface area contributed by atoms with Crippen molar-refractivity contribution in [1.29, 1.82) is 0 Å². The second-order valence-electron chi connectivity index (χ2n) is 4.51. The molecule has 2 rings (SSSR count). The third-order valence-electron chi connectivity index (χ3n) is 3.04. The maximum absolute atomic E-state index is 12.6. The first kappa shape index (κ1) is 15.5. The van der Waals surface area contributed by atoms with Gasteiger partial charge in [0.2, 0.25) is 10.0 Å². The molecule has 0 bridgehead atoms. The summed E-state index contributed by atoms with van der Waals surface area (Å²) in [7, 11) is -1.99. The molecule has 0 aliphatic rings. The lowest BCUT2D eigenvalue weighted by Crippen LogP contribution is -2.27. The maximum Gasteiger partial charge on any atom is 0.243 e. The molecule has 0 spiro atoms. The number of sulfonamides is 1. The number of nitrogens with zero attached hydrogens (tertiary/aromatic N) is 1. The van der Waals surface area contributed by atoms with Crippen molar-refractivity contribution in [3.63, 3.8) is 0 Å². The summed E-state index contributed by atoms with van der Waals surface area (Å²) < 4.78 is 27.3. The molecule has 0 unspecified atom stereocenters. The Morgan fingerprint density at radius 2 is 2.10 bits per heavy atom. The van der Waals surface area contributed by atoms with Crippen molar-refractivity contribution in [3.8, 4) is 0 Å². The molecule has 1 aromatic carbocycles. The quantitative estimate of drug-likeness (QED) is 0.835. The fourth-order valence-corrected chi connectivity index (χ4v) is 4.56. The highest BCUT2D eigenvalue weighted by Crippen LogP contribution is 2.28. The van der Waals surface area contributed by atoms with Gasteiger partial charge in [-0.25, -0.2) is 8.42 Å². The van der Waals surface area contributed by atoms with Crippen molar-refractivity contribution in [3.05, 3.63) is 44.6 Å². The highest BCUT2D eigenvalue weighted by molar-refractivity contribution is 9.10. The molecule has 2 aromatic rings. The molecule has 1 aromatic heterocycles. The van der Waals surface area contributed by atoms with Crippen LogP contribution in [0.1, 0.15) is 11.1 Å². The summed E-state index contributed by atoms with van der Waals surface area (Å²) in [5.74, 6) is 0. The predicted octanol–water partition coefficient (Wildman–Crippen LogP) is 3.22. The summed E-state index contributed by atoms with van der Waals surface area (Å²) >= 11 is 4.84. The zero-order valence-electron chi connectivity index (χ0n) is 11.1. The Bertz CT molecular complexity index is 712. The zero-order valence-corrected chi connectivity index (χ0v) is 14.3. The van der Waals surface area contributed by atoms with E-state index >= 15 is 0 Å².